The first kappa shape index (κ1) is 10.6. The third-order valence-corrected chi connectivity index (χ3v) is 2.77. The summed E-state index contributed by atoms with van der Waals surface area (Å²) in [5, 5.41) is 8.22. The second kappa shape index (κ2) is 4.31. The molecule has 0 N–H and O–H groups in total. The van der Waals surface area contributed by atoms with Crippen LogP contribution in [-0.2, 0) is 11.3 Å². The van der Waals surface area contributed by atoms with E-state index in [1.54, 1.807) is 0 Å². The Hall–Kier alpha value is -0.900. The molecule has 15 heavy (non-hydrogen) atoms. The van der Waals surface area contributed by atoms with Crippen LogP contribution in [0.2, 0.25) is 0 Å². The Morgan fingerprint density at radius 3 is 3.00 bits per heavy atom. The van der Waals surface area contributed by atoms with Gasteiger partial charge >= 0.3 is 0 Å². The molecule has 1 aromatic heterocycles. The van der Waals surface area contributed by atoms with E-state index in [1.165, 1.54) is 0 Å². The van der Waals surface area contributed by atoms with E-state index >= 15 is 0 Å². The molecule has 2 heterocycles. The summed E-state index contributed by atoms with van der Waals surface area (Å²) in [5.74, 6) is 2.15. The Labute approximate surface area is 90.7 Å². The molecule has 0 bridgehead atoms. The third-order valence-electron chi connectivity index (χ3n) is 2.77. The highest BCUT2D eigenvalue weighted by molar-refractivity contribution is 4.99. The van der Waals surface area contributed by atoms with Crippen LogP contribution in [0.5, 0.6) is 0 Å². The van der Waals surface area contributed by atoms with Gasteiger partial charge in [-0.05, 0) is 19.3 Å². The average Bonchev–Trinajstić information content (AvgIpc) is 2.72. The lowest BCUT2D eigenvalue weighted by atomic mass is 10.1. The van der Waals surface area contributed by atoms with E-state index in [4.69, 9.17) is 4.74 Å². The van der Waals surface area contributed by atoms with Crippen molar-refractivity contribution in [2.45, 2.75) is 45.8 Å². The smallest absolute Gasteiger partial charge is 0.138 e. The fourth-order valence-corrected chi connectivity index (χ4v) is 2.11. The zero-order chi connectivity index (χ0) is 10.8. The first-order valence-corrected chi connectivity index (χ1v) is 5.66. The molecule has 0 spiro atoms. The minimum Gasteiger partial charge on any atom is -0.378 e. The lowest BCUT2D eigenvalue weighted by molar-refractivity contribution is 0.123. The molecule has 0 aliphatic carbocycles. The Balaban J connectivity index is 2.10. The van der Waals surface area contributed by atoms with Crippen LogP contribution < -0.4 is 0 Å². The van der Waals surface area contributed by atoms with Crippen LogP contribution in [0.15, 0.2) is 6.33 Å². The lowest BCUT2D eigenvalue weighted by Crippen LogP contribution is -2.12. The van der Waals surface area contributed by atoms with Crippen LogP contribution >= 0.6 is 0 Å². The van der Waals surface area contributed by atoms with Crippen molar-refractivity contribution in [3.05, 3.63) is 12.2 Å². The molecule has 2 rings (SSSR count). The van der Waals surface area contributed by atoms with Crippen LogP contribution in [0.25, 0.3) is 0 Å². The second-order valence-corrected chi connectivity index (χ2v) is 4.81. The number of aromatic nitrogens is 3. The molecule has 4 heteroatoms. The fraction of sp³-hybridized carbons (Fsp3) is 0.818. The second-order valence-electron chi connectivity index (χ2n) is 4.81. The molecular weight excluding hydrogens is 190 g/mol. The van der Waals surface area contributed by atoms with Gasteiger partial charge in [0.25, 0.3) is 0 Å². The van der Waals surface area contributed by atoms with Gasteiger partial charge in [-0.25, -0.2) is 0 Å². The van der Waals surface area contributed by atoms with Gasteiger partial charge in [0.2, 0.25) is 0 Å². The van der Waals surface area contributed by atoms with Gasteiger partial charge in [-0.1, -0.05) is 13.8 Å². The van der Waals surface area contributed by atoms with Crippen LogP contribution in [0, 0.1) is 5.92 Å². The standard InChI is InChI=1S/C11H19N3O/c1-8(2)5-14-7-12-13-11(14)10-4-9(3)15-6-10/h7-10H,4-6H2,1-3H3. The van der Waals surface area contributed by atoms with E-state index < -0.39 is 0 Å². The minimum atomic E-state index is 0.360. The molecule has 2 atom stereocenters. The summed E-state index contributed by atoms with van der Waals surface area (Å²) in [6.07, 6.45) is 3.26. The number of rotatable bonds is 3. The van der Waals surface area contributed by atoms with Gasteiger partial charge in [0.15, 0.2) is 0 Å². The molecule has 0 saturated carbocycles. The molecule has 0 aromatic carbocycles. The van der Waals surface area contributed by atoms with E-state index in [2.05, 4.69) is 35.5 Å². The Morgan fingerprint density at radius 2 is 2.40 bits per heavy atom. The van der Waals surface area contributed by atoms with Crippen LogP contribution in [0.1, 0.15) is 38.9 Å². The molecule has 1 aliphatic heterocycles. The topological polar surface area (TPSA) is 39.9 Å². The Morgan fingerprint density at radius 1 is 1.60 bits per heavy atom. The SMILES string of the molecule is CC(C)Cn1cnnc1C1COC(C)C1. The normalized spacial score (nSPS) is 26.4. The monoisotopic (exact) mass is 209 g/mol. The highest BCUT2D eigenvalue weighted by Gasteiger charge is 2.27. The highest BCUT2D eigenvalue weighted by atomic mass is 16.5. The number of hydrogen-bond acceptors (Lipinski definition) is 3. The highest BCUT2D eigenvalue weighted by Crippen LogP contribution is 2.27. The van der Waals surface area contributed by atoms with Crippen molar-refractivity contribution in [1.82, 2.24) is 14.8 Å². The maximum absolute atomic E-state index is 5.57. The van der Waals surface area contributed by atoms with Crippen molar-refractivity contribution in [3.63, 3.8) is 0 Å². The summed E-state index contributed by atoms with van der Waals surface area (Å²) in [6, 6.07) is 0. The average molecular weight is 209 g/mol. The summed E-state index contributed by atoms with van der Waals surface area (Å²) >= 11 is 0. The van der Waals surface area contributed by atoms with E-state index in [9.17, 15) is 0 Å². The predicted octanol–water partition coefficient (Wildman–Crippen LogP) is 1.83. The summed E-state index contributed by atoms with van der Waals surface area (Å²) in [6.45, 7) is 8.31. The van der Waals surface area contributed by atoms with Gasteiger partial charge in [0.05, 0.1) is 12.7 Å². The number of ether oxygens (including phenoxy) is 1. The first-order chi connectivity index (χ1) is 7.16. The maximum Gasteiger partial charge on any atom is 0.138 e. The molecule has 4 nitrogen and oxygen atoms in total. The Kier molecular flexibility index (Phi) is 3.05. The molecule has 1 aliphatic rings. The molecule has 1 aromatic rings. The van der Waals surface area contributed by atoms with Crippen LogP contribution in [0.3, 0.4) is 0 Å². The summed E-state index contributed by atoms with van der Waals surface area (Å²) in [5.41, 5.74) is 0. The lowest BCUT2D eigenvalue weighted by Gasteiger charge is -2.12. The maximum atomic E-state index is 5.57. The molecule has 0 amide bonds. The quantitative estimate of drug-likeness (QED) is 0.762. The number of hydrogen-bond donors (Lipinski definition) is 0. The predicted molar refractivity (Wildman–Crippen MR) is 57.6 cm³/mol. The van der Waals surface area contributed by atoms with E-state index in [0.717, 1.165) is 25.4 Å². The molecule has 1 saturated heterocycles. The van der Waals surface area contributed by atoms with E-state index in [-0.39, 0.29) is 0 Å². The van der Waals surface area contributed by atoms with Crippen LogP contribution in [0.4, 0.5) is 0 Å². The van der Waals surface area contributed by atoms with Crippen molar-refractivity contribution in [2.24, 2.45) is 5.92 Å². The van der Waals surface area contributed by atoms with Crippen molar-refractivity contribution in [3.8, 4) is 0 Å². The Bertz CT molecular complexity index is 321. The van der Waals surface area contributed by atoms with Crippen molar-refractivity contribution in [1.29, 1.82) is 0 Å². The molecule has 0 radical (unpaired) electrons. The number of nitrogens with zero attached hydrogens (tertiary/aromatic N) is 3. The van der Waals surface area contributed by atoms with E-state index in [0.29, 0.717) is 17.9 Å². The molecule has 84 valence electrons. The molecular formula is C11H19N3O. The molecule has 2 unspecified atom stereocenters. The van der Waals surface area contributed by atoms with Gasteiger partial charge in [-0.15, -0.1) is 10.2 Å². The van der Waals surface area contributed by atoms with Crippen molar-refractivity contribution in [2.75, 3.05) is 6.61 Å². The molecule has 1 fully saturated rings. The first-order valence-electron chi connectivity index (χ1n) is 5.66. The fourth-order valence-electron chi connectivity index (χ4n) is 2.11. The van der Waals surface area contributed by atoms with Gasteiger partial charge in [0, 0.05) is 12.5 Å². The van der Waals surface area contributed by atoms with Crippen molar-refractivity contribution < 1.29 is 4.74 Å². The third kappa shape index (κ3) is 2.37. The summed E-state index contributed by atoms with van der Waals surface area (Å²) in [7, 11) is 0. The van der Waals surface area contributed by atoms with E-state index in [1.807, 2.05) is 6.33 Å². The van der Waals surface area contributed by atoms with Gasteiger partial charge in [-0.2, -0.15) is 0 Å². The zero-order valence-corrected chi connectivity index (χ0v) is 9.68. The summed E-state index contributed by atoms with van der Waals surface area (Å²) < 4.78 is 7.73. The zero-order valence-electron chi connectivity index (χ0n) is 9.68. The van der Waals surface area contributed by atoms with Gasteiger partial charge in [-0.3, -0.25) is 0 Å². The minimum absolute atomic E-state index is 0.360. The largest absolute Gasteiger partial charge is 0.378 e. The van der Waals surface area contributed by atoms with Crippen molar-refractivity contribution >= 4 is 0 Å². The summed E-state index contributed by atoms with van der Waals surface area (Å²) in [4.78, 5) is 0. The van der Waals surface area contributed by atoms with Crippen LogP contribution in [-0.4, -0.2) is 27.5 Å². The van der Waals surface area contributed by atoms with Gasteiger partial charge in [0.1, 0.15) is 12.2 Å². The van der Waals surface area contributed by atoms with Gasteiger partial charge < -0.3 is 9.30 Å².